The maximum Gasteiger partial charge on any atom is 0.209 e. The van der Waals surface area contributed by atoms with Gasteiger partial charge < -0.3 is 9.54 Å². The molecule has 2 aromatic carbocycles. The molecule has 1 atom stereocenters. The van der Waals surface area contributed by atoms with Gasteiger partial charge in [0.05, 0.1) is 9.52 Å². The molecule has 2 N–H and O–H groups in total. The molecule has 0 aliphatic rings. The normalized spacial score (nSPS) is 12.0. The lowest BCUT2D eigenvalue weighted by molar-refractivity contribution is 0.566. The molecule has 3 nitrogen and oxygen atoms in total. The highest BCUT2D eigenvalue weighted by Gasteiger charge is 2.26. The van der Waals surface area contributed by atoms with Crippen LogP contribution in [0.2, 0.25) is 0 Å². The Morgan fingerprint density at radius 1 is 1.33 bits per heavy atom. The maximum atomic E-state index is 14.4. The van der Waals surface area contributed by atoms with Gasteiger partial charge in [-0.05, 0) is 34.3 Å². The zero-order valence-electron chi connectivity index (χ0n) is 12.4. The molecule has 24 heavy (non-hydrogen) atoms. The fourth-order valence-electron chi connectivity index (χ4n) is 2.27. The van der Waals surface area contributed by atoms with E-state index in [1.54, 1.807) is 36.5 Å². The quantitative estimate of drug-likeness (QED) is 0.199. The van der Waals surface area contributed by atoms with Gasteiger partial charge in [-0.25, -0.2) is 4.39 Å². The van der Waals surface area contributed by atoms with Crippen molar-refractivity contribution in [1.82, 2.24) is 4.98 Å². The summed E-state index contributed by atoms with van der Waals surface area (Å²) in [5.41, 5.74) is 1.32. The second kappa shape index (κ2) is 8.22. The molecule has 3 rings (SSSR count). The molecule has 126 valence electrons. The first-order valence-corrected chi connectivity index (χ1v) is 9.79. The van der Waals surface area contributed by atoms with Crippen molar-refractivity contribution in [3.05, 3.63) is 58.4 Å². The summed E-state index contributed by atoms with van der Waals surface area (Å²) < 4.78 is 27.8. The zero-order valence-corrected chi connectivity index (χ0v) is 18.0. The smallest absolute Gasteiger partial charge is 0.209 e. The minimum absolute atomic E-state index is 0. The number of rotatable bonds is 3. The van der Waals surface area contributed by atoms with E-state index >= 15 is 0 Å². The number of halogens is 3. The predicted octanol–water partition coefficient (Wildman–Crippen LogP) is 5.54. The van der Waals surface area contributed by atoms with Crippen molar-refractivity contribution in [3.8, 4) is 0 Å². The topological polar surface area (TPSA) is 62.7 Å². The average molecular weight is 539 g/mol. The molecule has 1 aromatic heterocycles. The average Bonchev–Trinajstić information content (AvgIpc) is 3.02. The number of fused-ring (bicyclic) bond motifs is 1. The Hall–Kier alpha value is -0.550. The van der Waals surface area contributed by atoms with E-state index in [1.807, 2.05) is 6.26 Å². The van der Waals surface area contributed by atoms with Crippen LogP contribution < -0.4 is 0 Å². The van der Waals surface area contributed by atoms with Gasteiger partial charge >= 0.3 is 0 Å². The van der Waals surface area contributed by atoms with Gasteiger partial charge in [-0.3, -0.25) is 5.41 Å². The van der Waals surface area contributed by atoms with E-state index in [9.17, 15) is 8.94 Å². The Balaban J connectivity index is 0.00000208. The first kappa shape index (κ1) is 19.8. The second-order valence-electron chi connectivity index (χ2n) is 4.77. The van der Waals surface area contributed by atoms with Crippen molar-refractivity contribution in [2.45, 2.75) is 9.79 Å². The highest BCUT2D eigenvalue weighted by atomic mass is 127. The number of nitrogens with one attached hydrogen (secondary N) is 2. The van der Waals surface area contributed by atoms with Crippen LogP contribution in [0.5, 0.6) is 0 Å². The lowest BCUT2D eigenvalue weighted by atomic mass is 10.2. The Morgan fingerprint density at radius 3 is 2.79 bits per heavy atom. The molecule has 0 aliphatic carbocycles. The van der Waals surface area contributed by atoms with E-state index in [4.69, 9.17) is 5.41 Å². The minimum atomic E-state index is -1.68. The summed E-state index contributed by atoms with van der Waals surface area (Å²) in [7, 11) is 0. The summed E-state index contributed by atoms with van der Waals surface area (Å²) in [5.74, 6) is -0.532. The van der Waals surface area contributed by atoms with Crippen molar-refractivity contribution in [1.29, 1.82) is 5.41 Å². The van der Waals surface area contributed by atoms with E-state index in [0.29, 0.717) is 25.5 Å². The molecule has 0 saturated heterocycles. The first-order chi connectivity index (χ1) is 11.0. The maximum absolute atomic E-state index is 14.4. The molecule has 3 aromatic rings. The van der Waals surface area contributed by atoms with Crippen LogP contribution in [0.4, 0.5) is 4.39 Å². The fraction of sp³-hybridized carbons (Fsp3) is 0.0625. The van der Waals surface area contributed by atoms with Crippen molar-refractivity contribution < 1.29 is 8.94 Å². The Labute approximate surface area is 171 Å². The van der Waals surface area contributed by atoms with Crippen LogP contribution in [0.1, 0.15) is 5.56 Å². The standard InChI is InChI=1S/C16H12BrFN2OS2.HI/c1-22-16(19)9-3-2-4-10(7-9)23(21)15-12(18)8-13-11(14(15)17)5-6-20-13;/h2-8,19-20H,1H3;1H. The lowest BCUT2D eigenvalue weighted by Crippen LogP contribution is -2.07. The van der Waals surface area contributed by atoms with Crippen molar-refractivity contribution in [2.24, 2.45) is 0 Å². The summed E-state index contributed by atoms with van der Waals surface area (Å²) >= 11 is 2.99. The van der Waals surface area contributed by atoms with Crippen LogP contribution in [0.15, 0.2) is 56.9 Å². The molecule has 1 heterocycles. The lowest BCUT2D eigenvalue weighted by Gasteiger charge is -2.13. The number of aromatic amines is 1. The van der Waals surface area contributed by atoms with E-state index < -0.39 is 17.0 Å². The highest BCUT2D eigenvalue weighted by molar-refractivity contribution is 14.0. The largest absolute Gasteiger partial charge is 0.606 e. The summed E-state index contributed by atoms with van der Waals surface area (Å²) in [6.07, 6.45) is 3.52. The van der Waals surface area contributed by atoms with Gasteiger partial charge in [-0.2, -0.15) is 0 Å². The second-order valence-corrected chi connectivity index (χ2v) is 7.80. The van der Waals surface area contributed by atoms with Gasteiger partial charge in [0, 0.05) is 46.0 Å². The summed E-state index contributed by atoms with van der Waals surface area (Å²) in [6, 6.07) is 10.0. The van der Waals surface area contributed by atoms with Gasteiger partial charge in [-0.1, -0.05) is 12.1 Å². The molecular weight excluding hydrogens is 526 g/mol. The van der Waals surface area contributed by atoms with E-state index in [-0.39, 0.29) is 28.9 Å². The Kier molecular flexibility index (Phi) is 6.77. The van der Waals surface area contributed by atoms with Gasteiger partial charge in [0.1, 0.15) is 0 Å². The molecule has 0 spiro atoms. The number of thioether (sulfide) groups is 1. The third-order valence-electron chi connectivity index (χ3n) is 3.40. The van der Waals surface area contributed by atoms with Crippen LogP contribution in [0.25, 0.3) is 10.9 Å². The van der Waals surface area contributed by atoms with Crippen molar-refractivity contribution >= 4 is 78.8 Å². The summed E-state index contributed by atoms with van der Waals surface area (Å²) in [6.45, 7) is 0. The third-order valence-corrected chi connectivity index (χ3v) is 6.58. The zero-order chi connectivity index (χ0) is 16.6. The summed E-state index contributed by atoms with van der Waals surface area (Å²) in [4.78, 5) is 3.52. The van der Waals surface area contributed by atoms with Crippen LogP contribution in [0, 0.1) is 11.2 Å². The monoisotopic (exact) mass is 538 g/mol. The first-order valence-electron chi connectivity index (χ1n) is 6.62. The number of hydrogen-bond donors (Lipinski definition) is 2. The van der Waals surface area contributed by atoms with Crippen molar-refractivity contribution in [2.75, 3.05) is 6.26 Å². The van der Waals surface area contributed by atoms with E-state index in [1.165, 1.54) is 17.8 Å². The molecule has 0 amide bonds. The van der Waals surface area contributed by atoms with Crippen LogP contribution in [-0.4, -0.2) is 20.8 Å². The molecule has 0 saturated carbocycles. The molecule has 1 unspecified atom stereocenters. The number of hydrogen-bond acceptors (Lipinski definition) is 3. The van der Waals surface area contributed by atoms with Gasteiger partial charge in [-0.15, -0.1) is 35.7 Å². The van der Waals surface area contributed by atoms with Gasteiger partial charge in [0.25, 0.3) is 0 Å². The minimum Gasteiger partial charge on any atom is -0.606 e. The fourth-order valence-corrected chi connectivity index (χ4v) is 4.79. The molecular formula is C16H13BrFIN2OS2. The molecule has 0 fully saturated rings. The molecule has 0 bridgehead atoms. The van der Waals surface area contributed by atoms with Gasteiger partial charge in [0.15, 0.2) is 10.7 Å². The SMILES string of the molecule is CSC(=N)c1cccc([S+]([O-])c2c(F)cc3[nH]ccc3c2Br)c1.I. The third kappa shape index (κ3) is 3.67. The summed E-state index contributed by atoms with van der Waals surface area (Å²) in [5, 5.41) is 9.03. The predicted molar refractivity (Wildman–Crippen MR) is 113 cm³/mol. The van der Waals surface area contributed by atoms with Crippen molar-refractivity contribution in [3.63, 3.8) is 0 Å². The Bertz CT molecular complexity index is 903. The molecule has 0 aliphatic heterocycles. The molecule has 0 radical (unpaired) electrons. The van der Waals surface area contributed by atoms with Crippen LogP contribution >= 0.6 is 51.7 Å². The van der Waals surface area contributed by atoms with Gasteiger partial charge in [0.2, 0.25) is 4.90 Å². The Morgan fingerprint density at radius 2 is 2.08 bits per heavy atom. The highest BCUT2D eigenvalue weighted by Crippen LogP contribution is 2.36. The number of benzene rings is 2. The van der Waals surface area contributed by atoms with Crippen LogP contribution in [-0.2, 0) is 11.2 Å². The van der Waals surface area contributed by atoms with E-state index in [2.05, 4.69) is 20.9 Å². The number of H-pyrrole nitrogens is 1. The number of aromatic nitrogens is 1. The van der Waals surface area contributed by atoms with E-state index in [0.717, 1.165) is 5.39 Å². The van der Waals surface area contributed by atoms with Crippen LogP contribution in [0.3, 0.4) is 0 Å². The molecule has 8 heteroatoms.